The lowest BCUT2D eigenvalue weighted by molar-refractivity contribution is -0.140. The van der Waals surface area contributed by atoms with Crippen LogP contribution in [-0.2, 0) is 29.1 Å². The highest BCUT2D eigenvalue weighted by Gasteiger charge is 2.26. The topological polar surface area (TPSA) is 67.9 Å². The van der Waals surface area contributed by atoms with Crippen LogP contribution in [0.4, 0.5) is 4.39 Å². The number of methoxy groups -OCH3 is 2. The highest BCUT2D eigenvalue weighted by atomic mass is 35.5. The molecule has 0 aromatic heterocycles. The maximum absolute atomic E-state index is 13.4. The van der Waals surface area contributed by atoms with Crippen LogP contribution in [0.1, 0.15) is 23.6 Å². The van der Waals surface area contributed by atoms with E-state index in [0.29, 0.717) is 27.6 Å². The van der Waals surface area contributed by atoms with Gasteiger partial charge in [0, 0.05) is 18.1 Å². The van der Waals surface area contributed by atoms with E-state index in [2.05, 4.69) is 5.32 Å². The quantitative estimate of drug-likeness (QED) is 0.437. The minimum absolute atomic E-state index is 0.0453. The predicted molar refractivity (Wildman–Crippen MR) is 133 cm³/mol. The number of ether oxygens (including phenoxy) is 2. The van der Waals surface area contributed by atoms with Crippen LogP contribution in [0, 0.1) is 5.82 Å². The van der Waals surface area contributed by atoms with E-state index in [1.165, 1.54) is 31.3 Å². The Morgan fingerprint density at radius 2 is 1.63 bits per heavy atom. The number of carbonyl (C=O) groups excluding carboxylic acids is 2. The van der Waals surface area contributed by atoms with Crippen molar-refractivity contribution in [1.82, 2.24) is 10.2 Å². The number of hydrogen-bond donors (Lipinski definition) is 1. The summed E-state index contributed by atoms with van der Waals surface area (Å²) in [5.74, 6) is 0.102. The minimum Gasteiger partial charge on any atom is -0.493 e. The third-order valence-corrected chi connectivity index (χ3v) is 6.02. The lowest BCUT2D eigenvalue weighted by atomic mass is 10.1. The van der Waals surface area contributed by atoms with Gasteiger partial charge in [0.25, 0.3) is 0 Å². The Hall–Kier alpha value is -3.58. The number of hydrogen-bond acceptors (Lipinski definition) is 4. The van der Waals surface area contributed by atoms with Crippen molar-refractivity contribution >= 4 is 23.4 Å². The van der Waals surface area contributed by atoms with Crippen LogP contribution < -0.4 is 14.8 Å². The summed E-state index contributed by atoms with van der Waals surface area (Å²) in [7, 11) is 3.06. The monoisotopic (exact) mass is 498 g/mol. The van der Waals surface area contributed by atoms with Crippen molar-refractivity contribution in [2.24, 2.45) is 0 Å². The van der Waals surface area contributed by atoms with E-state index in [0.717, 1.165) is 5.56 Å². The molecule has 184 valence electrons. The molecule has 0 spiro atoms. The van der Waals surface area contributed by atoms with Gasteiger partial charge in [-0.3, -0.25) is 9.59 Å². The third kappa shape index (κ3) is 6.96. The van der Waals surface area contributed by atoms with Crippen molar-refractivity contribution in [3.63, 3.8) is 0 Å². The van der Waals surface area contributed by atoms with E-state index >= 15 is 0 Å². The number of halogens is 2. The summed E-state index contributed by atoms with van der Waals surface area (Å²) >= 11 is 6.19. The second-order valence-corrected chi connectivity index (χ2v) is 8.41. The zero-order valence-electron chi connectivity index (χ0n) is 19.9. The zero-order chi connectivity index (χ0) is 25.4. The zero-order valence-corrected chi connectivity index (χ0v) is 20.6. The molecule has 8 heteroatoms. The van der Waals surface area contributed by atoms with Gasteiger partial charge >= 0.3 is 0 Å². The van der Waals surface area contributed by atoms with Crippen LogP contribution in [0.25, 0.3) is 0 Å². The molecule has 3 aromatic rings. The molecule has 6 nitrogen and oxygen atoms in total. The van der Waals surface area contributed by atoms with Crippen molar-refractivity contribution in [3.8, 4) is 11.5 Å². The summed E-state index contributed by atoms with van der Waals surface area (Å²) in [5, 5.41) is 3.40. The van der Waals surface area contributed by atoms with Gasteiger partial charge in [-0.25, -0.2) is 4.39 Å². The van der Waals surface area contributed by atoms with E-state index in [9.17, 15) is 14.0 Å². The largest absolute Gasteiger partial charge is 0.493 e. The van der Waals surface area contributed by atoms with Gasteiger partial charge in [-0.1, -0.05) is 48.0 Å². The molecule has 0 unspecified atom stereocenters. The van der Waals surface area contributed by atoms with Crippen molar-refractivity contribution in [1.29, 1.82) is 0 Å². The van der Waals surface area contributed by atoms with Gasteiger partial charge in [-0.2, -0.15) is 0 Å². The number of nitrogens with zero attached hydrogens (tertiary/aromatic N) is 1. The molecule has 0 fully saturated rings. The molecule has 0 saturated heterocycles. The Kier molecular flexibility index (Phi) is 9.09. The van der Waals surface area contributed by atoms with Gasteiger partial charge in [0.1, 0.15) is 11.9 Å². The molecule has 2 amide bonds. The number of carbonyl (C=O) groups is 2. The second kappa shape index (κ2) is 12.2. The summed E-state index contributed by atoms with van der Waals surface area (Å²) in [6.45, 7) is 2.04. The van der Waals surface area contributed by atoms with Gasteiger partial charge < -0.3 is 19.7 Å². The number of rotatable bonds is 10. The Balaban J connectivity index is 1.79. The molecule has 0 aliphatic heterocycles. The van der Waals surface area contributed by atoms with E-state index in [-0.39, 0.29) is 37.1 Å². The van der Waals surface area contributed by atoms with Crippen LogP contribution in [0.5, 0.6) is 11.5 Å². The van der Waals surface area contributed by atoms with Crippen LogP contribution >= 0.6 is 11.6 Å². The molecule has 0 radical (unpaired) electrons. The number of benzene rings is 3. The molecule has 0 heterocycles. The van der Waals surface area contributed by atoms with Gasteiger partial charge in [-0.05, 0) is 53.9 Å². The van der Waals surface area contributed by atoms with Gasteiger partial charge in [0.05, 0.1) is 20.6 Å². The minimum atomic E-state index is -0.782. The molecule has 0 saturated carbocycles. The normalized spacial score (nSPS) is 11.5. The number of nitrogens with one attached hydrogen (secondary N) is 1. The molecule has 0 aliphatic carbocycles. The van der Waals surface area contributed by atoms with Crippen LogP contribution in [0.3, 0.4) is 0 Å². The average molecular weight is 499 g/mol. The third-order valence-electron chi connectivity index (χ3n) is 5.65. The fourth-order valence-electron chi connectivity index (χ4n) is 3.61. The first-order valence-corrected chi connectivity index (χ1v) is 11.5. The Labute approximate surface area is 209 Å². The fourth-order valence-corrected chi connectivity index (χ4v) is 3.81. The summed E-state index contributed by atoms with van der Waals surface area (Å²) < 4.78 is 24.0. The Morgan fingerprint density at radius 1 is 0.971 bits per heavy atom. The van der Waals surface area contributed by atoms with Crippen LogP contribution in [-0.4, -0.2) is 37.0 Å². The molecule has 1 N–H and O–H groups in total. The van der Waals surface area contributed by atoms with E-state index in [4.69, 9.17) is 21.1 Å². The molecule has 0 aliphatic rings. The van der Waals surface area contributed by atoms with Gasteiger partial charge in [0.15, 0.2) is 11.5 Å². The fraction of sp³-hybridized carbons (Fsp3) is 0.259. The molecular weight excluding hydrogens is 471 g/mol. The maximum atomic E-state index is 13.4. The van der Waals surface area contributed by atoms with Gasteiger partial charge in [0.2, 0.25) is 11.8 Å². The lowest BCUT2D eigenvalue weighted by Crippen LogP contribution is -2.48. The lowest BCUT2D eigenvalue weighted by Gasteiger charge is -2.29. The molecule has 0 bridgehead atoms. The number of amides is 2. The molecule has 1 atom stereocenters. The summed E-state index contributed by atoms with van der Waals surface area (Å²) in [4.78, 5) is 27.9. The molecular formula is C27H28ClFN2O4. The molecule has 3 aromatic carbocycles. The average Bonchev–Trinajstić information content (AvgIpc) is 2.87. The first-order valence-electron chi connectivity index (χ1n) is 11.1. The Morgan fingerprint density at radius 3 is 2.29 bits per heavy atom. The first kappa shape index (κ1) is 26.0. The highest BCUT2D eigenvalue weighted by Crippen LogP contribution is 2.28. The smallest absolute Gasteiger partial charge is 0.242 e. The second-order valence-electron chi connectivity index (χ2n) is 8.00. The maximum Gasteiger partial charge on any atom is 0.242 e. The van der Waals surface area contributed by atoms with E-state index < -0.39 is 6.04 Å². The standard InChI is InChI=1S/C27H28ClFN2O4/c1-18(27(33)30-16-21-6-4-5-7-23(21)28)31(17-19-8-11-22(29)12-9-19)26(32)15-20-10-13-24(34-2)25(14-20)35-3/h4-14,18H,15-17H2,1-3H3,(H,30,33)/t18-/m0/s1. The van der Waals surface area contributed by atoms with Crippen molar-refractivity contribution < 1.29 is 23.5 Å². The van der Waals surface area contributed by atoms with E-state index in [1.807, 2.05) is 18.2 Å². The van der Waals surface area contributed by atoms with E-state index in [1.54, 1.807) is 43.3 Å². The summed E-state index contributed by atoms with van der Waals surface area (Å²) in [5.41, 5.74) is 2.19. The van der Waals surface area contributed by atoms with Crippen LogP contribution in [0.2, 0.25) is 5.02 Å². The molecule has 3 rings (SSSR count). The summed E-state index contributed by atoms with van der Waals surface area (Å²) in [6.07, 6.45) is 0.0453. The van der Waals surface area contributed by atoms with Gasteiger partial charge in [-0.15, -0.1) is 0 Å². The first-order chi connectivity index (χ1) is 16.8. The summed E-state index contributed by atoms with van der Waals surface area (Å²) in [6, 6.07) is 17.5. The predicted octanol–water partition coefficient (Wildman–Crippen LogP) is 4.77. The van der Waals surface area contributed by atoms with Crippen molar-refractivity contribution in [2.45, 2.75) is 32.5 Å². The SMILES string of the molecule is COc1ccc(CC(=O)N(Cc2ccc(F)cc2)[C@@H](C)C(=O)NCc2ccccc2Cl)cc1OC. The van der Waals surface area contributed by atoms with Crippen molar-refractivity contribution in [2.75, 3.05) is 14.2 Å². The van der Waals surface area contributed by atoms with Crippen LogP contribution in [0.15, 0.2) is 66.7 Å². The Bertz CT molecular complexity index is 1170. The highest BCUT2D eigenvalue weighted by molar-refractivity contribution is 6.31. The van der Waals surface area contributed by atoms with Crippen molar-refractivity contribution in [3.05, 3.63) is 94.3 Å². The molecule has 35 heavy (non-hydrogen) atoms.